The molecule has 11 nitrogen and oxygen atoms in total. The summed E-state index contributed by atoms with van der Waals surface area (Å²) in [7, 11) is 1.64. The minimum atomic E-state index is -0.693. The molecule has 12 heteroatoms. The fourth-order valence-corrected chi connectivity index (χ4v) is 5.84. The molecule has 2 fully saturated rings. The fourth-order valence-electron chi connectivity index (χ4n) is 5.56. The number of halogens is 1. The quantitative estimate of drug-likeness (QED) is 0.303. The number of nitrogens with two attached hydrogens (primary N) is 1. The molecule has 4 N–H and O–H groups in total. The molecule has 1 amide bonds. The normalized spacial score (nSPS) is 18.1. The van der Waals surface area contributed by atoms with Crippen molar-refractivity contribution in [3.8, 4) is 17.0 Å². The highest BCUT2D eigenvalue weighted by Gasteiger charge is 2.50. The average Bonchev–Trinajstić information content (AvgIpc) is 3.38. The molecule has 1 saturated carbocycles. The van der Waals surface area contributed by atoms with Crippen LogP contribution in [0.5, 0.6) is 5.75 Å². The van der Waals surface area contributed by atoms with Crippen molar-refractivity contribution in [3.63, 3.8) is 0 Å². The van der Waals surface area contributed by atoms with Gasteiger partial charge in [-0.2, -0.15) is 5.10 Å². The second kappa shape index (κ2) is 10.2. The highest BCUT2D eigenvalue weighted by molar-refractivity contribution is 6.35. The molecule has 1 saturated heterocycles. The molecule has 1 unspecified atom stereocenters. The number of rotatable bonds is 7. The lowest BCUT2D eigenvalue weighted by atomic mass is 9.61. The molecular weight excluding hydrogens is 520 g/mol. The molecule has 1 atom stereocenters. The van der Waals surface area contributed by atoms with Gasteiger partial charge in [0.2, 0.25) is 5.65 Å². The zero-order valence-electron chi connectivity index (χ0n) is 21.5. The molecule has 4 heterocycles. The van der Waals surface area contributed by atoms with Crippen molar-refractivity contribution in [3.05, 3.63) is 53.3 Å². The van der Waals surface area contributed by atoms with Gasteiger partial charge >= 0.3 is 6.09 Å². The summed E-state index contributed by atoms with van der Waals surface area (Å²) in [5.41, 5.74) is 8.92. The summed E-state index contributed by atoms with van der Waals surface area (Å²) >= 11 is 6.77. The van der Waals surface area contributed by atoms with Crippen molar-refractivity contribution < 1.29 is 14.3 Å². The van der Waals surface area contributed by atoms with Crippen molar-refractivity contribution in [1.29, 1.82) is 0 Å². The standard InChI is InChI=1S/C27H29ClN8O3/c1-38-17-4-2-16(3-5-17)14-32-24-21(28)18(7-11-30-24)22-23-25(35-34-22)33-20(15-31-23)36-12-9-27(10-13-36)8-6-19(27)39-26(29)37/h2-5,7,11,15,19H,6,8-10,12-14H2,1H3,(H2,29,37)(H,30,32)(H,33,34,35). The van der Waals surface area contributed by atoms with Gasteiger partial charge in [-0.25, -0.2) is 19.7 Å². The van der Waals surface area contributed by atoms with Crippen molar-refractivity contribution in [2.75, 3.05) is 30.4 Å². The number of hydrogen-bond donors (Lipinski definition) is 3. The Balaban J connectivity index is 1.17. The minimum absolute atomic E-state index is 0.0276. The van der Waals surface area contributed by atoms with Gasteiger partial charge in [-0.3, -0.25) is 5.10 Å². The van der Waals surface area contributed by atoms with E-state index in [4.69, 9.17) is 36.8 Å². The van der Waals surface area contributed by atoms with E-state index in [9.17, 15) is 4.79 Å². The number of amides is 1. The first-order valence-electron chi connectivity index (χ1n) is 12.9. The van der Waals surface area contributed by atoms with Crippen LogP contribution in [0.1, 0.15) is 31.2 Å². The van der Waals surface area contributed by atoms with Crippen LogP contribution in [0, 0.1) is 5.41 Å². The van der Waals surface area contributed by atoms with Crippen LogP contribution >= 0.6 is 11.6 Å². The molecular formula is C27H29ClN8O3. The first kappa shape index (κ1) is 25.2. The summed E-state index contributed by atoms with van der Waals surface area (Å²) in [5.74, 6) is 2.14. The Morgan fingerprint density at radius 1 is 1.21 bits per heavy atom. The molecule has 0 radical (unpaired) electrons. The second-order valence-corrected chi connectivity index (χ2v) is 10.4. The van der Waals surface area contributed by atoms with Crippen LogP contribution in [-0.4, -0.2) is 57.5 Å². The van der Waals surface area contributed by atoms with Crippen LogP contribution in [0.25, 0.3) is 22.4 Å². The Bertz CT molecular complexity index is 1500. The minimum Gasteiger partial charge on any atom is -0.497 e. The Labute approximate surface area is 230 Å². The van der Waals surface area contributed by atoms with Gasteiger partial charge in [-0.1, -0.05) is 23.7 Å². The molecule has 2 aliphatic rings. The first-order chi connectivity index (χ1) is 19.0. The van der Waals surface area contributed by atoms with E-state index in [1.165, 1.54) is 0 Å². The predicted octanol–water partition coefficient (Wildman–Crippen LogP) is 4.53. The van der Waals surface area contributed by atoms with E-state index in [0.717, 1.165) is 61.5 Å². The number of methoxy groups -OCH3 is 1. The van der Waals surface area contributed by atoms with Crippen molar-refractivity contribution >= 4 is 40.5 Å². The lowest BCUT2D eigenvalue weighted by molar-refractivity contribution is -0.0832. The van der Waals surface area contributed by atoms with Gasteiger partial charge in [-0.05, 0) is 49.4 Å². The van der Waals surface area contributed by atoms with Crippen LogP contribution < -0.4 is 20.7 Å². The zero-order chi connectivity index (χ0) is 27.0. The number of fused-ring (bicyclic) bond motifs is 1. The average molecular weight is 549 g/mol. The monoisotopic (exact) mass is 548 g/mol. The molecule has 4 aromatic rings. The van der Waals surface area contributed by atoms with Crippen molar-refractivity contribution in [2.45, 2.75) is 38.3 Å². The predicted molar refractivity (Wildman–Crippen MR) is 148 cm³/mol. The summed E-state index contributed by atoms with van der Waals surface area (Å²) in [6.45, 7) is 2.16. The summed E-state index contributed by atoms with van der Waals surface area (Å²) in [6.07, 6.45) is 6.45. The van der Waals surface area contributed by atoms with Gasteiger partial charge in [0, 0.05) is 36.8 Å². The zero-order valence-corrected chi connectivity index (χ0v) is 22.2. The second-order valence-electron chi connectivity index (χ2n) is 10.0. The maximum atomic E-state index is 11.2. The molecule has 0 bridgehead atoms. The number of hydrogen-bond acceptors (Lipinski definition) is 9. The van der Waals surface area contributed by atoms with E-state index >= 15 is 0 Å². The van der Waals surface area contributed by atoms with Crippen LogP contribution in [-0.2, 0) is 11.3 Å². The highest BCUT2D eigenvalue weighted by Crippen LogP contribution is 2.51. The smallest absolute Gasteiger partial charge is 0.404 e. The summed E-state index contributed by atoms with van der Waals surface area (Å²) < 4.78 is 10.6. The van der Waals surface area contributed by atoms with Gasteiger partial charge < -0.3 is 25.4 Å². The van der Waals surface area contributed by atoms with Gasteiger partial charge in [0.1, 0.15) is 29.0 Å². The summed E-state index contributed by atoms with van der Waals surface area (Å²) in [4.78, 5) is 27.3. The number of pyridine rings is 1. The number of H-pyrrole nitrogens is 1. The lowest BCUT2D eigenvalue weighted by Gasteiger charge is -2.52. The lowest BCUT2D eigenvalue weighted by Crippen LogP contribution is -2.54. The Morgan fingerprint density at radius 2 is 2.00 bits per heavy atom. The Hall–Kier alpha value is -4.12. The largest absolute Gasteiger partial charge is 0.497 e. The molecule has 1 aliphatic carbocycles. The van der Waals surface area contributed by atoms with E-state index < -0.39 is 6.09 Å². The van der Waals surface area contributed by atoms with E-state index in [2.05, 4.69) is 25.4 Å². The molecule has 1 aromatic carbocycles. The number of carbonyl (C=O) groups excluding carboxylic acids is 1. The van der Waals surface area contributed by atoms with Gasteiger partial charge in [-0.15, -0.1) is 0 Å². The molecule has 3 aromatic heterocycles. The molecule has 1 spiro atoms. The Morgan fingerprint density at radius 3 is 2.69 bits per heavy atom. The van der Waals surface area contributed by atoms with Crippen LogP contribution in [0.3, 0.4) is 0 Å². The fraction of sp³-hybridized carbons (Fsp3) is 0.370. The number of aromatic amines is 1. The number of ether oxygens (including phenoxy) is 2. The van der Waals surface area contributed by atoms with Gasteiger partial charge in [0.15, 0.2) is 0 Å². The SMILES string of the molecule is COc1ccc(CNc2nccc(-c3[nH]nc4nc(N5CCC6(CCC6OC(N)=O)CC5)cnc34)c2Cl)cc1. The molecule has 202 valence electrons. The number of nitrogens with one attached hydrogen (secondary N) is 2. The first-order valence-corrected chi connectivity index (χ1v) is 13.3. The summed E-state index contributed by atoms with van der Waals surface area (Å²) in [6, 6.07) is 9.63. The molecule has 1 aliphatic heterocycles. The van der Waals surface area contributed by atoms with E-state index in [-0.39, 0.29) is 11.5 Å². The van der Waals surface area contributed by atoms with Crippen molar-refractivity contribution in [2.24, 2.45) is 11.1 Å². The third kappa shape index (κ3) is 4.78. The van der Waals surface area contributed by atoms with E-state index in [0.29, 0.717) is 34.2 Å². The number of benzene rings is 1. The molecule has 6 rings (SSSR count). The number of nitrogens with zero attached hydrogens (tertiary/aromatic N) is 5. The van der Waals surface area contributed by atoms with Gasteiger partial charge in [0.05, 0.1) is 24.0 Å². The Kier molecular flexibility index (Phi) is 6.59. The number of piperidine rings is 1. The van der Waals surface area contributed by atoms with Crippen LogP contribution in [0.15, 0.2) is 42.7 Å². The third-order valence-electron chi connectivity index (χ3n) is 7.96. The van der Waals surface area contributed by atoms with Crippen molar-refractivity contribution in [1.82, 2.24) is 25.1 Å². The number of aromatic nitrogens is 5. The van der Waals surface area contributed by atoms with Crippen LogP contribution in [0.4, 0.5) is 16.4 Å². The maximum absolute atomic E-state index is 11.2. The number of primary amides is 1. The summed E-state index contributed by atoms with van der Waals surface area (Å²) in [5, 5.41) is 11.3. The van der Waals surface area contributed by atoms with Gasteiger partial charge in [0.25, 0.3) is 0 Å². The highest BCUT2D eigenvalue weighted by atomic mass is 35.5. The van der Waals surface area contributed by atoms with E-state index in [1.54, 1.807) is 19.5 Å². The number of carbonyl (C=O) groups is 1. The maximum Gasteiger partial charge on any atom is 0.404 e. The topological polar surface area (TPSA) is 144 Å². The third-order valence-corrected chi connectivity index (χ3v) is 8.34. The number of anilines is 2. The van der Waals surface area contributed by atoms with E-state index in [1.807, 2.05) is 30.3 Å². The molecule has 39 heavy (non-hydrogen) atoms. The van der Waals surface area contributed by atoms with Crippen LogP contribution in [0.2, 0.25) is 5.02 Å².